The smallest absolute Gasteiger partial charge is 0.338 e. The van der Waals surface area contributed by atoms with Crippen LogP contribution in [0, 0.1) is 51.2 Å². The van der Waals surface area contributed by atoms with Gasteiger partial charge in [-0.15, -0.1) is 0 Å². The van der Waals surface area contributed by atoms with E-state index < -0.39 is 85.9 Å². The summed E-state index contributed by atoms with van der Waals surface area (Å²) < 4.78 is 58.4. The number of rotatable bonds is 5. The highest BCUT2D eigenvalue weighted by Crippen LogP contribution is 2.88. The summed E-state index contributed by atoms with van der Waals surface area (Å²) in [6, 6.07) is 6.61. The van der Waals surface area contributed by atoms with Crippen LogP contribution in [0.4, 0.5) is 0 Å². The molecule has 1 aromatic carbocycles. The first-order valence-corrected chi connectivity index (χ1v) is 24.7. The van der Waals surface area contributed by atoms with Gasteiger partial charge < -0.3 is 43.2 Å². The average Bonchev–Trinajstić information content (AvgIpc) is 3.52. The molecule has 8 aliphatic carbocycles. The number of aliphatic hydroxyl groups excluding tert-OH is 1. The van der Waals surface area contributed by atoms with Crippen molar-refractivity contribution in [2.75, 3.05) is 13.2 Å². The zero-order valence-electron chi connectivity index (χ0n) is 33.9. The fourth-order valence-electron chi connectivity index (χ4n) is 14.6. The molecule has 55 heavy (non-hydrogen) atoms. The van der Waals surface area contributed by atoms with E-state index in [0.29, 0.717) is 6.42 Å². The molecule has 304 valence electrons. The maximum Gasteiger partial charge on any atom is 0.338 e. The van der Waals surface area contributed by atoms with Crippen molar-refractivity contribution in [1.29, 1.82) is 0 Å². The van der Waals surface area contributed by atoms with Gasteiger partial charge in [-0.25, -0.2) is 0 Å². The second-order valence-corrected chi connectivity index (χ2v) is 26.5. The summed E-state index contributed by atoms with van der Waals surface area (Å²) in [4.78, 5) is 12.8. The van der Waals surface area contributed by atoms with Gasteiger partial charge in [0.05, 0.1) is 41.2 Å². The zero-order chi connectivity index (χ0) is 40.4. The Labute approximate surface area is 325 Å². The standard InChI is InChI=1S/C26H36O7SSi.C15H22O5/c1-15-9-11-18(12-10-15)34(28,29)32-20-17(3)24-16(2)13-19-25(24,31-19)22(4)14-30-26(27,23(20,22)5)21(24)33-35(6,7)8;1-8-4-5-14(18)11(2)7-20-15(19)10(17)13(8,14)6-9(16)12(11,15)3/h9-12,16,19,21,27H,13-14H2,1-8H3;8,10,17-19H,4-7H2,1-3H3/t16-,19?,21?,22?,23?,24?,25?,26?;8-,10?,11?,12?,13?,14?,15?/m00/s1. The average molecular weight is 803 g/mol. The fraction of sp³-hybridized carbons (Fsp3) is 0.780. The van der Waals surface area contributed by atoms with Gasteiger partial charge in [-0.05, 0) is 96.1 Å². The van der Waals surface area contributed by atoms with Crippen molar-refractivity contribution in [2.24, 2.45) is 44.3 Å². The lowest BCUT2D eigenvalue weighted by atomic mass is 9.35. The second kappa shape index (κ2) is 10.3. The van der Waals surface area contributed by atoms with Crippen LogP contribution in [0.5, 0.6) is 0 Å². The van der Waals surface area contributed by atoms with Crippen LogP contribution in [0.25, 0.3) is 0 Å². The molecule has 3 heterocycles. The first kappa shape index (κ1) is 38.8. The van der Waals surface area contributed by atoms with Crippen molar-refractivity contribution < 1.29 is 56.5 Å². The lowest BCUT2D eigenvalue weighted by Crippen LogP contribution is -2.83. The van der Waals surface area contributed by atoms with Crippen LogP contribution in [-0.4, -0.2) is 97.2 Å². The van der Waals surface area contributed by atoms with E-state index >= 15 is 0 Å². The van der Waals surface area contributed by atoms with E-state index in [0.717, 1.165) is 24.0 Å². The molecule has 8 bridgehead atoms. The third kappa shape index (κ3) is 3.57. The van der Waals surface area contributed by atoms with Gasteiger partial charge in [-0.3, -0.25) is 4.79 Å². The Morgan fingerprint density at radius 3 is 2.09 bits per heavy atom. The molecular formula is C41H58O12SSi. The fourth-order valence-corrected chi connectivity index (χ4v) is 16.7. The molecule has 13 unspecified atom stereocenters. The normalized spacial score (nSPS) is 54.9. The first-order valence-electron chi connectivity index (χ1n) is 19.9. The molecule has 3 aliphatic heterocycles. The lowest BCUT2D eigenvalue weighted by Gasteiger charge is -2.69. The van der Waals surface area contributed by atoms with Gasteiger partial charge >= 0.3 is 10.1 Å². The summed E-state index contributed by atoms with van der Waals surface area (Å²) in [5, 5.41) is 45.7. The number of fused-ring (bicyclic) bond motifs is 1. The Hall–Kier alpha value is -1.72. The van der Waals surface area contributed by atoms with Gasteiger partial charge in [0.2, 0.25) is 11.6 Å². The van der Waals surface area contributed by atoms with Gasteiger partial charge in [0.1, 0.15) is 34.2 Å². The molecule has 3 spiro atoms. The minimum Gasteiger partial charge on any atom is -0.408 e. The molecule has 1 aromatic rings. The second-order valence-electron chi connectivity index (χ2n) is 20.5. The van der Waals surface area contributed by atoms with Crippen LogP contribution in [0.15, 0.2) is 40.5 Å². The highest BCUT2D eigenvalue weighted by molar-refractivity contribution is 7.86. The Balaban J connectivity index is 0.000000167. The van der Waals surface area contributed by atoms with Crippen molar-refractivity contribution >= 4 is 24.2 Å². The SMILES string of the molecule is CC1=C(OS(=O)(=O)c2ccc(C)cc2)C2(C)C3(O)OCC2(C)C24OC2C[C@H](C)C14C3O[Si](C)(C)C.C[C@H]1CCC2(O)C13CC(=O)C1(C)C(O)(OCC21C)C3O. The van der Waals surface area contributed by atoms with Crippen molar-refractivity contribution in [3.05, 3.63) is 41.2 Å². The number of aryl methyl sites for hydroxylation is 1. The number of benzene rings is 1. The van der Waals surface area contributed by atoms with Gasteiger partial charge in [0.15, 0.2) is 8.32 Å². The van der Waals surface area contributed by atoms with Crippen LogP contribution < -0.4 is 0 Å². The van der Waals surface area contributed by atoms with Gasteiger partial charge in [-0.1, -0.05) is 45.4 Å². The maximum atomic E-state index is 13.6. The van der Waals surface area contributed by atoms with Crippen molar-refractivity contribution in [3.8, 4) is 0 Å². The van der Waals surface area contributed by atoms with E-state index in [1.54, 1.807) is 31.2 Å². The zero-order valence-corrected chi connectivity index (χ0v) is 35.7. The molecular weight excluding hydrogens is 745 g/mol. The number of aliphatic hydroxyl groups is 4. The topological polar surface area (TPSA) is 182 Å². The quantitative estimate of drug-likeness (QED) is 0.188. The van der Waals surface area contributed by atoms with E-state index in [1.165, 1.54) is 0 Å². The number of carbonyl (C=O) groups is 1. The molecule has 0 radical (unpaired) electrons. The van der Waals surface area contributed by atoms with E-state index in [1.807, 2.05) is 34.6 Å². The number of ether oxygens (including phenoxy) is 3. The third-order valence-corrected chi connectivity index (χ3v) is 20.0. The molecule has 3 saturated heterocycles. The molecule has 0 aromatic heterocycles. The molecule has 6 saturated carbocycles. The number of hydrogen-bond donors (Lipinski definition) is 4. The van der Waals surface area contributed by atoms with Crippen molar-refractivity contribution in [3.63, 3.8) is 0 Å². The molecule has 11 aliphatic rings. The number of hydrogen-bond acceptors (Lipinski definition) is 12. The van der Waals surface area contributed by atoms with Crippen LogP contribution in [0.3, 0.4) is 0 Å². The molecule has 9 fully saturated rings. The van der Waals surface area contributed by atoms with Crippen molar-refractivity contribution in [2.45, 2.75) is 147 Å². The highest BCUT2D eigenvalue weighted by atomic mass is 32.2. The van der Waals surface area contributed by atoms with Crippen LogP contribution in [0.2, 0.25) is 19.6 Å². The third-order valence-electron chi connectivity index (χ3n) is 17.8. The summed E-state index contributed by atoms with van der Waals surface area (Å²) in [7, 11) is -6.32. The van der Waals surface area contributed by atoms with Crippen LogP contribution in [-0.2, 0) is 37.7 Å². The Morgan fingerprint density at radius 2 is 1.47 bits per heavy atom. The highest BCUT2D eigenvalue weighted by Gasteiger charge is 2.99. The molecule has 15 atom stereocenters. The van der Waals surface area contributed by atoms with E-state index in [2.05, 4.69) is 33.5 Å². The summed E-state index contributed by atoms with van der Waals surface area (Å²) in [6.45, 7) is 22.0. The molecule has 4 N–H and O–H groups in total. The Kier molecular flexibility index (Phi) is 7.29. The van der Waals surface area contributed by atoms with Gasteiger partial charge in [0.25, 0.3) is 0 Å². The summed E-state index contributed by atoms with van der Waals surface area (Å²) in [5.41, 5.74) is -5.72. The minimum absolute atomic E-state index is 0.0195. The summed E-state index contributed by atoms with van der Waals surface area (Å²) >= 11 is 0. The number of ketones is 1. The number of Topliss-reactive ketones (excluding diaryl/α,β-unsaturated/α-hetero) is 1. The largest absolute Gasteiger partial charge is 0.408 e. The Bertz CT molecular complexity index is 2070. The molecule has 12 rings (SSSR count). The predicted octanol–water partition coefficient (Wildman–Crippen LogP) is 4.33. The Morgan fingerprint density at radius 1 is 0.873 bits per heavy atom. The van der Waals surface area contributed by atoms with Crippen LogP contribution in [0.1, 0.15) is 79.7 Å². The molecule has 14 heteroatoms. The summed E-state index contributed by atoms with van der Waals surface area (Å²) in [5.74, 6) is -3.38. The predicted molar refractivity (Wildman–Crippen MR) is 200 cm³/mol. The van der Waals surface area contributed by atoms with Crippen molar-refractivity contribution in [1.82, 2.24) is 0 Å². The number of carbonyl (C=O) groups excluding carboxylic acids is 1. The van der Waals surface area contributed by atoms with E-state index in [4.69, 9.17) is 22.8 Å². The van der Waals surface area contributed by atoms with Gasteiger partial charge in [0, 0.05) is 22.7 Å². The summed E-state index contributed by atoms with van der Waals surface area (Å²) in [6.07, 6.45) is 0.361. The maximum absolute atomic E-state index is 13.6. The molecule has 0 amide bonds. The van der Waals surface area contributed by atoms with E-state index in [9.17, 15) is 33.6 Å². The minimum atomic E-state index is -4.15. The molecule has 12 nitrogen and oxygen atoms in total. The lowest BCUT2D eigenvalue weighted by molar-refractivity contribution is -0.368. The number of epoxide rings is 1. The first-order chi connectivity index (χ1) is 25.1. The van der Waals surface area contributed by atoms with Gasteiger partial charge in [-0.2, -0.15) is 8.42 Å². The van der Waals surface area contributed by atoms with Crippen LogP contribution >= 0.6 is 0 Å². The van der Waals surface area contributed by atoms with E-state index in [-0.39, 0.29) is 54.0 Å². The monoisotopic (exact) mass is 802 g/mol.